The molecule has 4 heteroatoms. The Hall–Kier alpha value is -0.870. The topological polar surface area (TPSA) is 66.6 Å². The number of rotatable bonds is 1. The van der Waals surface area contributed by atoms with Crippen LogP contribution < -0.4 is 5.73 Å². The lowest BCUT2D eigenvalue weighted by molar-refractivity contribution is -0.155. The maximum Gasteiger partial charge on any atom is 0.229 e. The van der Waals surface area contributed by atoms with E-state index in [2.05, 4.69) is 0 Å². The number of aliphatic hydroxyl groups is 1. The number of β-amino-alcohol motifs (C(OH)–C–C–N with tert-alkyl or cyclic N) is 1. The molecule has 0 aromatic carbocycles. The first-order chi connectivity index (χ1) is 6.48. The zero-order chi connectivity index (χ0) is 10.3. The van der Waals surface area contributed by atoms with Gasteiger partial charge >= 0.3 is 0 Å². The molecule has 0 bridgehead atoms. The molecule has 78 valence electrons. The number of nitrogens with zero attached hydrogens (tertiary/aromatic N) is 1. The van der Waals surface area contributed by atoms with Gasteiger partial charge in [0.05, 0.1) is 24.6 Å². The van der Waals surface area contributed by atoms with Gasteiger partial charge in [-0.3, -0.25) is 4.79 Å². The van der Waals surface area contributed by atoms with Crippen molar-refractivity contribution in [1.29, 1.82) is 0 Å². The fraction of sp³-hybridized carbons (Fsp3) is 0.700. The number of hydrogen-bond acceptors (Lipinski definition) is 3. The number of carbonyl (C=O) groups is 1. The van der Waals surface area contributed by atoms with Gasteiger partial charge in [-0.2, -0.15) is 0 Å². The third-order valence-corrected chi connectivity index (χ3v) is 2.81. The van der Waals surface area contributed by atoms with E-state index in [9.17, 15) is 9.90 Å². The molecule has 1 fully saturated rings. The predicted molar refractivity (Wildman–Crippen MR) is 52.4 cm³/mol. The summed E-state index contributed by atoms with van der Waals surface area (Å²) in [7, 11) is 0. The number of amides is 1. The minimum absolute atomic E-state index is 0.0192. The number of likely N-dealkylation sites (tertiary alicyclic amines) is 1. The Balaban J connectivity index is 1.89. The van der Waals surface area contributed by atoms with E-state index >= 15 is 0 Å². The van der Waals surface area contributed by atoms with E-state index in [1.54, 1.807) is 11.8 Å². The molecule has 0 radical (unpaired) electrons. The van der Waals surface area contributed by atoms with Crippen LogP contribution in [0.25, 0.3) is 0 Å². The molecule has 1 saturated heterocycles. The first-order valence-electron chi connectivity index (χ1n) is 4.93. The van der Waals surface area contributed by atoms with Crippen molar-refractivity contribution in [3.8, 4) is 0 Å². The average Bonchev–Trinajstić information content (AvgIpc) is 2.46. The van der Waals surface area contributed by atoms with Crippen LogP contribution in [0.2, 0.25) is 0 Å². The molecule has 2 rings (SSSR count). The fourth-order valence-corrected chi connectivity index (χ4v) is 2.08. The van der Waals surface area contributed by atoms with E-state index in [0.29, 0.717) is 19.5 Å². The third-order valence-electron chi connectivity index (χ3n) is 2.81. The summed E-state index contributed by atoms with van der Waals surface area (Å²) in [5.41, 5.74) is 4.99. The summed E-state index contributed by atoms with van der Waals surface area (Å²) < 4.78 is 0. The normalized spacial score (nSPS) is 34.4. The quantitative estimate of drug-likeness (QED) is 0.555. The van der Waals surface area contributed by atoms with Gasteiger partial charge in [0.15, 0.2) is 0 Å². The summed E-state index contributed by atoms with van der Waals surface area (Å²) >= 11 is 0. The number of nitrogens with two attached hydrogens (primary N) is 1. The smallest absolute Gasteiger partial charge is 0.229 e. The van der Waals surface area contributed by atoms with Gasteiger partial charge in [-0.1, -0.05) is 12.2 Å². The molecule has 3 N–H and O–H groups in total. The van der Waals surface area contributed by atoms with Crippen molar-refractivity contribution in [2.24, 2.45) is 11.7 Å². The minimum Gasteiger partial charge on any atom is -0.386 e. The molecule has 2 aliphatic rings. The van der Waals surface area contributed by atoms with Crippen molar-refractivity contribution in [2.75, 3.05) is 13.1 Å². The Morgan fingerprint density at radius 3 is 2.64 bits per heavy atom. The third kappa shape index (κ3) is 1.67. The maximum absolute atomic E-state index is 11.8. The second kappa shape index (κ2) is 3.07. The molecule has 1 aliphatic carbocycles. The van der Waals surface area contributed by atoms with Crippen molar-refractivity contribution >= 4 is 5.91 Å². The molecule has 1 heterocycles. The van der Waals surface area contributed by atoms with Gasteiger partial charge in [-0.15, -0.1) is 0 Å². The van der Waals surface area contributed by atoms with Gasteiger partial charge in [0.25, 0.3) is 0 Å². The second-order valence-electron chi connectivity index (χ2n) is 4.58. The minimum atomic E-state index is -0.680. The number of carbonyl (C=O) groups excluding carboxylic acids is 1. The molecular formula is C10H16N2O2. The molecule has 0 saturated carbocycles. The van der Waals surface area contributed by atoms with Crippen molar-refractivity contribution in [3.05, 3.63) is 12.2 Å². The molecule has 2 unspecified atom stereocenters. The first-order valence-corrected chi connectivity index (χ1v) is 4.93. The van der Waals surface area contributed by atoms with Gasteiger partial charge in [0, 0.05) is 6.04 Å². The van der Waals surface area contributed by atoms with Crippen LogP contribution in [0.1, 0.15) is 13.3 Å². The van der Waals surface area contributed by atoms with Gasteiger partial charge in [0.2, 0.25) is 5.91 Å². The van der Waals surface area contributed by atoms with Crippen LogP contribution in [0.15, 0.2) is 12.2 Å². The molecule has 0 aromatic rings. The second-order valence-corrected chi connectivity index (χ2v) is 4.58. The van der Waals surface area contributed by atoms with Crippen LogP contribution >= 0.6 is 0 Å². The van der Waals surface area contributed by atoms with Crippen molar-refractivity contribution in [2.45, 2.75) is 25.0 Å². The molecule has 1 amide bonds. The molecule has 14 heavy (non-hydrogen) atoms. The van der Waals surface area contributed by atoms with Crippen LogP contribution in [0.5, 0.6) is 0 Å². The highest BCUT2D eigenvalue weighted by molar-refractivity contribution is 5.82. The molecule has 2 atom stereocenters. The highest BCUT2D eigenvalue weighted by Gasteiger charge is 2.41. The summed E-state index contributed by atoms with van der Waals surface area (Å²) in [5.74, 6) is 0.0295. The Labute approximate surface area is 83.4 Å². The zero-order valence-electron chi connectivity index (χ0n) is 8.31. The molecular weight excluding hydrogens is 180 g/mol. The molecule has 1 aliphatic heterocycles. The largest absolute Gasteiger partial charge is 0.386 e. The van der Waals surface area contributed by atoms with Gasteiger partial charge in [-0.25, -0.2) is 0 Å². The molecule has 4 nitrogen and oxygen atoms in total. The lowest BCUT2D eigenvalue weighted by Gasteiger charge is -2.45. The van der Waals surface area contributed by atoms with Crippen molar-refractivity contribution in [3.63, 3.8) is 0 Å². The van der Waals surface area contributed by atoms with Crippen LogP contribution in [-0.4, -0.2) is 40.6 Å². The van der Waals surface area contributed by atoms with Crippen LogP contribution in [0.4, 0.5) is 0 Å². The summed E-state index contributed by atoms with van der Waals surface area (Å²) in [6.45, 7) is 2.64. The van der Waals surface area contributed by atoms with Gasteiger partial charge in [0.1, 0.15) is 0 Å². The summed E-state index contributed by atoms with van der Waals surface area (Å²) in [6, 6.07) is 0.0192. The van der Waals surface area contributed by atoms with Crippen LogP contribution in [0.3, 0.4) is 0 Å². The summed E-state index contributed by atoms with van der Waals surface area (Å²) in [5, 5.41) is 9.49. The zero-order valence-corrected chi connectivity index (χ0v) is 8.31. The maximum atomic E-state index is 11.8. The summed E-state index contributed by atoms with van der Waals surface area (Å²) in [4.78, 5) is 13.5. The monoisotopic (exact) mass is 196 g/mol. The highest BCUT2D eigenvalue weighted by atomic mass is 16.3. The molecule has 0 aromatic heterocycles. The van der Waals surface area contributed by atoms with Crippen molar-refractivity contribution < 1.29 is 9.90 Å². The Morgan fingerprint density at radius 2 is 2.21 bits per heavy atom. The Morgan fingerprint density at radius 1 is 1.57 bits per heavy atom. The van der Waals surface area contributed by atoms with E-state index in [1.807, 2.05) is 12.2 Å². The lowest BCUT2D eigenvalue weighted by Crippen LogP contribution is -2.62. The van der Waals surface area contributed by atoms with E-state index in [-0.39, 0.29) is 17.9 Å². The van der Waals surface area contributed by atoms with Gasteiger partial charge in [-0.05, 0) is 13.3 Å². The van der Waals surface area contributed by atoms with Crippen LogP contribution in [0, 0.1) is 5.92 Å². The Bertz CT molecular complexity index is 278. The number of hydrogen-bond donors (Lipinski definition) is 2. The first kappa shape index (κ1) is 9.68. The van der Waals surface area contributed by atoms with E-state index < -0.39 is 5.60 Å². The average molecular weight is 196 g/mol. The summed E-state index contributed by atoms with van der Waals surface area (Å²) in [6.07, 6.45) is 4.46. The van der Waals surface area contributed by atoms with Crippen molar-refractivity contribution in [1.82, 2.24) is 4.90 Å². The fourth-order valence-electron chi connectivity index (χ4n) is 2.08. The Kier molecular flexibility index (Phi) is 2.12. The SMILES string of the molecule is CC1(O)CN(C(=O)C2C=CC(N)C2)C1. The highest BCUT2D eigenvalue weighted by Crippen LogP contribution is 2.26. The van der Waals surface area contributed by atoms with E-state index in [0.717, 1.165) is 0 Å². The lowest BCUT2D eigenvalue weighted by atomic mass is 9.94. The predicted octanol–water partition coefficient (Wildman–Crippen LogP) is -0.517. The van der Waals surface area contributed by atoms with E-state index in [1.165, 1.54) is 0 Å². The standard InChI is InChI=1S/C10H16N2O2/c1-10(14)5-12(6-10)9(13)7-2-3-8(11)4-7/h2-3,7-8,14H,4-6,11H2,1H3. The van der Waals surface area contributed by atoms with Gasteiger partial charge < -0.3 is 15.7 Å². The van der Waals surface area contributed by atoms with E-state index in [4.69, 9.17) is 5.73 Å². The van der Waals surface area contributed by atoms with Crippen LogP contribution in [-0.2, 0) is 4.79 Å². The molecule has 0 spiro atoms.